The molecule has 0 spiro atoms. The van der Waals surface area contributed by atoms with Crippen molar-refractivity contribution in [1.82, 2.24) is 0 Å². The molecule has 1 amide bonds. The normalized spacial score (nSPS) is 17.2. The summed E-state index contributed by atoms with van der Waals surface area (Å²) < 4.78 is 0. The number of rotatable bonds is 3. The first-order valence-electron chi connectivity index (χ1n) is 7.52. The zero-order valence-corrected chi connectivity index (χ0v) is 13.9. The van der Waals surface area contributed by atoms with Crippen LogP contribution in [-0.4, -0.2) is 30.2 Å². The zero-order chi connectivity index (χ0) is 14.6. The lowest BCUT2D eigenvalue weighted by molar-refractivity contribution is -0.941. The lowest BCUT2D eigenvalue weighted by Gasteiger charge is -2.38. The van der Waals surface area contributed by atoms with Crippen LogP contribution in [0.5, 0.6) is 0 Å². The molecule has 1 heterocycles. The van der Waals surface area contributed by atoms with Crippen molar-refractivity contribution in [3.8, 4) is 0 Å². The number of piperidine rings is 1. The third-order valence-electron chi connectivity index (χ3n) is 4.25. The highest BCUT2D eigenvalue weighted by Gasteiger charge is 2.38. The number of quaternary nitrogens is 1. The van der Waals surface area contributed by atoms with Gasteiger partial charge in [0.25, 0.3) is 0 Å². The number of carbonyl (C=O) groups is 1. The van der Waals surface area contributed by atoms with Gasteiger partial charge in [0.2, 0.25) is 5.91 Å². The SMILES string of the molecule is CC(=O)N=C(c1ccccc1)C(C)(C)[NH+]1CCCCC1.[Cl-]. The number of nitrogens with one attached hydrogen (secondary N) is 1. The predicted octanol–water partition coefficient (Wildman–Crippen LogP) is -1.13. The molecule has 1 aromatic carbocycles. The number of likely N-dealkylation sites (tertiary alicyclic amines) is 1. The number of hydrogen-bond acceptors (Lipinski definition) is 1. The van der Waals surface area contributed by atoms with Crippen molar-refractivity contribution < 1.29 is 22.1 Å². The summed E-state index contributed by atoms with van der Waals surface area (Å²) in [5.74, 6) is -0.117. The van der Waals surface area contributed by atoms with Crippen LogP contribution in [0.15, 0.2) is 35.3 Å². The number of nitrogens with zero attached hydrogens (tertiary/aromatic N) is 1. The summed E-state index contributed by atoms with van der Waals surface area (Å²) in [6.45, 7) is 8.28. The molecule has 3 nitrogen and oxygen atoms in total. The van der Waals surface area contributed by atoms with Crippen molar-refractivity contribution in [2.45, 2.75) is 45.6 Å². The molecule has 1 aromatic rings. The second kappa shape index (κ2) is 7.71. The quantitative estimate of drug-likeness (QED) is 0.705. The van der Waals surface area contributed by atoms with Crippen LogP contribution in [0.1, 0.15) is 45.6 Å². The minimum absolute atomic E-state index is 0. The summed E-state index contributed by atoms with van der Waals surface area (Å²) in [6, 6.07) is 10.1. The number of hydrogen-bond donors (Lipinski definition) is 1. The molecule has 0 bridgehead atoms. The Labute approximate surface area is 133 Å². The van der Waals surface area contributed by atoms with E-state index >= 15 is 0 Å². The van der Waals surface area contributed by atoms with Gasteiger partial charge in [-0.25, -0.2) is 4.99 Å². The molecule has 0 aromatic heterocycles. The molecule has 2 rings (SSSR count). The third kappa shape index (κ3) is 4.39. The molecule has 116 valence electrons. The minimum atomic E-state index is -0.132. The number of carbonyl (C=O) groups excluding carboxylic acids is 1. The van der Waals surface area contributed by atoms with Crippen LogP contribution in [0.25, 0.3) is 0 Å². The Morgan fingerprint density at radius 3 is 2.19 bits per heavy atom. The van der Waals surface area contributed by atoms with E-state index in [9.17, 15) is 4.79 Å². The molecule has 1 aliphatic heterocycles. The van der Waals surface area contributed by atoms with Gasteiger partial charge < -0.3 is 17.3 Å². The molecule has 0 radical (unpaired) electrons. The van der Waals surface area contributed by atoms with Crippen LogP contribution in [0.2, 0.25) is 0 Å². The minimum Gasteiger partial charge on any atom is -1.00 e. The standard InChI is InChI=1S/C17H24N2O.ClH/c1-14(20)18-16(15-10-6-4-7-11-15)17(2,3)19-12-8-5-9-13-19;/h4,6-7,10-11H,5,8-9,12-13H2,1-3H3;1H. The molecule has 4 heteroatoms. The number of amides is 1. The topological polar surface area (TPSA) is 33.9 Å². The Morgan fingerprint density at radius 2 is 1.67 bits per heavy atom. The van der Waals surface area contributed by atoms with Crippen molar-refractivity contribution in [1.29, 1.82) is 0 Å². The Morgan fingerprint density at radius 1 is 1.10 bits per heavy atom. The van der Waals surface area contributed by atoms with E-state index in [0.29, 0.717) is 0 Å². The Balaban J connectivity index is 0.00000220. The molecular weight excluding hydrogens is 284 g/mol. The lowest BCUT2D eigenvalue weighted by Crippen LogP contribution is -3.21. The van der Waals surface area contributed by atoms with Gasteiger partial charge in [0, 0.05) is 12.5 Å². The van der Waals surface area contributed by atoms with Gasteiger partial charge in [0.1, 0.15) is 11.3 Å². The van der Waals surface area contributed by atoms with Crippen LogP contribution in [0, 0.1) is 0 Å². The van der Waals surface area contributed by atoms with Gasteiger partial charge in [0.05, 0.1) is 13.1 Å². The Bertz CT molecular complexity index is 491. The van der Waals surface area contributed by atoms with Gasteiger partial charge in [-0.3, -0.25) is 4.79 Å². The molecule has 21 heavy (non-hydrogen) atoms. The highest BCUT2D eigenvalue weighted by molar-refractivity contribution is 6.10. The van der Waals surface area contributed by atoms with E-state index in [1.807, 2.05) is 30.3 Å². The van der Waals surface area contributed by atoms with Gasteiger partial charge in [0.15, 0.2) is 0 Å². The van der Waals surface area contributed by atoms with Crippen LogP contribution >= 0.6 is 0 Å². The fraction of sp³-hybridized carbons (Fsp3) is 0.529. The third-order valence-corrected chi connectivity index (χ3v) is 4.25. The summed E-state index contributed by atoms with van der Waals surface area (Å²) in [5, 5.41) is 0. The lowest BCUT2D eigenvalue weighted by atomic mass is 9.88. The van der Waals surface area contributed by atoms with Gasteiger partial charge in [-0.1, -0.05) is 30.3 Å². The van der Waals surface area contributed by atoms with Gasteiger partial charge in [-0.15, -0.1) is 0 Å². The van der Waals surface area contributed by atoms with Crippen molar-refractivity contribution in [3.05, 3.63) is 35.9 Å². The van der Waals surface area contributed by atoms with Crippen molar-refractivity contribution in [2.75, 3.05) is 13.1 Å². The van der Waals surface area contributed by atoms with E-state index in [-0.39, 0.29) is 23.9 Å². The summed E-state index contributed by atoms with van der Waals surface area (Å²) in [4.78, 5) is 17.4. The van der Waals surface area contributed by atoms with Crippen molar-refractivity contribution in [3.63, 3.8) is 0 Å². The van der Waals surface area contributed by atoms with Crippen LogP contribution in [-0.2, 0) is 4.79 Å². The maximum absolute atomic E-state index is 11.6. The fourth-order valence-electron chi connectivity index (χ4n) is 3.09. The first kappa shape index (κ1) is 17.9. The van der Waals surface area contributed by atoms with Crippen molar-refractivity contribution >= 4 is 11.6 Å². The number of benzene rings is 1. The molecule has 1 aliphatic rings. The average molecular weight is 309 g/mol. The molecule has 0 aliphatic carbocycles. The first-order chi connectivity index (χ1) is 9.51. The van der Waals surface area contributed by atoms with Crippen LogP contribution in [0.3, 0.4) is 0 Å². The largest absolute Gasteiger partial charge is 1.00 e. The fourth-order valence-corrected chi connectivity index (χ4v) is 3.09. The smallest absolute Gasteiger partial charge is 0.243 e. The molecule has 1 fully saturated rings. The first-order valence-corrected chi connectivity index (χ1v) is 7.52. The van der Waals surface area contributed by atoms with E-state index in [1.165, 1.54) is 31.1 Å². The number of halogens is 1. The van der Waals surface area contributed by atoms with Gasteiger partial charge >= 0.3 is 0 Å². The van der Waals surface area contributed by atoms with E-state index in [4.69, 9.17) is 0 Å². The predicted molar refractivity (Wildman–Crippen MR) is 82.3 cm³/mol. The summed E-state index contributed by atoms with van der Waals surface area (Å²) in [5.41, 5.74) is 1.85. The Kier molecular flexibility index (Phi) is 6.56. The molecule has 1 saturated heterocycles. The van der Waals surface area contributed by atoms with Crippen LogP contribution in [0.4, 0.5) is 0 Å². The molecular formula is C17H25ClN2O. The highest BCUT2D eigenvalue weighted by atomic mass is 35.5. The van der Waals surface area contributed by atoms with Gasteiger partial charge in [-0.05, 0) is 33.1 Å². The molecule has 0 unspecified atom stereocenters. The summed E-state index contributed by atoms with van der Waals surface area (Å²) >= 11 is 0. The van der Waals surface area contributed by atoms with E-state index in [2.05, 4.69) is 18.8 Å². The summed E-state index contributed by atoms with van der Waals surface area (Å²) in [6.07, 6.45) is 3.85. The van der Waals surface area contributed by atoms with E-state index in [0.717, 1.165) is 24.4 Å². The van der Waals surface area contributed by atoms with E-state index in [1.54, 1.807) is 0 Å². The molecule has 0 atom stereocenters. The van der Waals surface area contributed by atoms with Crippen molar-refractivity contribution in [2.24, 2.45) is 4.99 Å². The second-order valence-electron chi connectivity index (χ2n) is 6.13. The zero-order valence-electron chi connectivity index (χ0n) is 13.2. The Hall–Kier alpha value is -1.19. The molecule has 1 N–H and O–H groups in total. The highest BCUT2D eigenvalue weighted by Crippen LogP contribution is 2.13. The summed E-state index contributed by atoms with van der Waals surface area (Å²) in [7, 11) is 0. The second-order valence-corrected chi connectivity index (χ2v) is 6.13. The van der Waals surface area contributed by atoms with Crippen LogP contribution < -0.4 is 17.3 Å². The molecule has 0 saturated carbocycles. The maximum atomic E-state index is 11.6. The number of aliphatic imine (C=N–C) groups is 1. The average Bonchev–Trinajstić information content (AvgIpc) is 2.46. The monoisotopic (exact) mass is 308 g/mol. The van der Waals surface area contributed by atoms with Gasteiger partial charge in [-0.2, -0.15) is 0 Å². The van der Waals surface area contributed by atoms with E-state index < -0.39 is 0 Å². The maximum Gasteiger partial charge on any atom is 0.243 e.